The first-order valence-corrected chi connectivity index (χ1v) is 6.69. The van der Waals surface area contributed by atoms with Crippen molar-refractivity contribution in [1.29, 1.82) is 0 Å². The molecule has 15 heavy (non-hydrogen) atoms. The zero-order valence-electron chi connectivity index (χ0n) is 7.17. The topological polar surface area (TPSA) is 60.2 Å². The Labute approximate surface area is 116 Å². The highest BCUT2D eigenvalue weighted by Crippen LogP contribution is 2.30. The molecule has 1 aromatic carbocycles. The molecular formula is C8H4Br2INO3. The normalized spacial score (nSPS) is 10.1. The Bertz CT molecular complexity index is 436. The van der Waals surface area contributed by atoms with Crippen LogP contribution in [0.1, 0.15) is 10.4 Å². The molecule has 0 bridgehead atoms. The Morgan fingerprint density at radius 3 is 2.60 bits per heavy atom. The number of hydrogen-bond donors (Lipinski definition) is 0. The minimum Gasteiger partial charge on any atom is -0.293 e. The van der Waals surface area contributed by atoms with Crippen molar-refractivity contribution in [3.63, 3.8) is 0 Å². The zero-order valence-corrected chi connectivity index (χ0v) is 12.5. The molecule has 0 unspecified atom stereocenters. The van der Waals surface area contributed by atoms with Gasteiger partial charge in [-0.15, -0.1) is 0 Å². The molecule has 0 aliphatic carbocycles. The highest BCUT2D eigenvalue weighted by atomic mass is 127. The van der Waals surface area contributed by atoms with Gasteiger partial charge in [0.2, 0.25) is 0 Å². The van der Waals surface area contributed by atoms with Crippen LogP contribution in [-0.4, -0.2) is 16.0 Å². The average Bonchev–Trinajstić information content (AvgIpc) is 2.20. The zero-order chi connectivity index (χ0) is 11.6. The van der Waals surface area contributed by atoms with Gasteiger partial charge in [0.15, 0.2) is 5.78 Å². The van der Waals surface area contributed by atoms with E-state index in [9.17, 15) is 14.9 Å². The van der Waals surface area contributed by atoms with Gasteiger partial charge in [-0.3, -0.25) is 14.9 Å². The van der Waals surface area contributed by atoms with Crippen LogP contribution in [0.25, 0.3) is 0 Å². The number of hydrogen-bond acceptors (Lipinski definition) is 3. The van der Waals surface area contributed by atoms with Crippen molar-refractivity contribution < 1.29 is 9.72 Å². The summed E-state index contributed by atoms with van der Waals surface area (Å²) in [6, 6.07) is 2.87. The molecule has 0 saturated heterocycles. The summed E-state index contributed by atoms with van der Waals surface area (Å²) in [5, 5.41) is 10.8. The molecule has 0 saturated carbocycles. The van der Waals surface area contributed by atoms with Crippen LogP contribution in [0.2, 0.25) is 0 Å². The number of nitro benzene ring substituents is 1. The van der Waals surface area contributed by atoms with Crippen molar-refractivity contribution in [2.75, 3.05) is 5.33 Å². The van der Waals surface area contributed by atoms with Crippen molar-refractivity contribution in [3.8, 4) is 0 Å². The van der Waals surface area contributed by atoms with Crippen LogP contribution < -0.4 is 0 Å². The smallest absolute Gasteiger partial charge is 0.284 e. The van der Waals surface area contributed by atoms with Crippen molar-refractivity contribution in [2.45, 2.75) is 0 Å². The van der Waals surface area contributed by atoms with E-state index in [4.69, 9.17) is 0 Å². The maximum atomic E-state index is 11.4. The SMILES string of the molecule is O=C(CBr)c1cc(Br)c(I)c([N+](=O)[O-])c1. The fraction of sp³-hybridized carbons (Fsp3) is 0.125. The summed E-state index contributed by atoms with van der Waals surface area (Å²) >= 11 is 8.06. The number of rotatable bonds is 3. The highest BCUT2D eigenvalue weighted by Gasteiger charge is 2.18. The molecule has 1 aromatic rings. The molecule has 0 aliphatic heterocycles. The summed E-state index contributed by atoms with van der Waals surface area (Å²) in [7, 11) is 0. The molecular weight excluding hydrogens is 445 g/mol. The molecule has 0 amide bonds. The van der Waals surface area contributed by atoms with E-state index in [1.807, 2.05) is 22.6 Å². The molecule has 0 atom stereocenters. The lowest BCUT2D eigenvalue weighted by Gasteiger charge is -2.02. The van der Waals surface area contributed by atoms with Crippen LogP contribution in [0.4, 0.5) is 5.69 Å². The fourth-order valence-electron chi connectivity index (χ4n) is 0.946. The minimum absolute atomic E-state index is 0.0609. The van der Waals surface area contributed by atoms with Crippen LogP contribution in [0.5, 0.6) is 0 Å². The van der Waals surface area contributed by atoms with Crippen LogP contribution in [0.15, 0.2) is 16.6 Å². The summed E-state index contributed by atoms with van der Waals surface area (Å²) in [6.07, 6.45) is 0. The van der Waals surface area contributed by atoms with Gasteiger partial charge in [-0.25, -0.2) is 0 Å². The lowest BCUT2D eigenvalue weighted by molar-refractivity contribution is -0.385. The molecule has 0 aliphatic rings. The van der Waals surface area contributed by atoms with Crippen molar-refractivity contribution in [3.05, 3.63) is 35.9 Å². The number of alkyl halides is 1. The Hall–Kier alpha value is -0.0200. The predicted octanol–water partition coefficient (Wildman–Crippen LogP) is 3.54. The second kappa shape index (κ2) is 5.35. The van der Waals surface area contributed by atoms with Crippen molar-refractivity contribution in [2.24, 2.45) is 0 Å². The van der Waals surface area contributed by atoms with Gasteiger partial charge in [0.05, 0.1) is 10.3 Å². The molecule has 7 heteroatoms. The monoisotopic (exact) mass is 447 g/mol. The van der Waals surface area contributed by atoms with E-state index in [2.05, 4.69) is 31.9 Å². The first-order valence-electron chi connectivity index (χ1n) is 3.70. The summed E-state index contributed by atoms with van der Waals surface area (Å²) in [4.78, 5) is 21.6. The Morgan fingerprint density at radius 1 is 1.53 bits per heavy atom. The van der Waals surface area contributed by atoms with E-state index in [1.165, 1.54) is 6.07 Å². The average molecular weight is 449 g/mol. The quantitative estimate of drug-likeness (QED) is 0.234. The molecule has 0 fully saturated rings. The van der Waals surface area contributed by atoms with E-state index in [1.54, 1.807) is 6.07 Å². The summed E-state index contributed by atoms with van der Waals surface area (Å²) < 4.78 is 1.05. The van der Waals surface area contributed by atoms with Crippen LogP contribution in [0.3, 0.4) is 0 Å². The summed E-state index contributed by atoms with van der Waals surface area (Å²) in [6.45, 7) is 0. The van der Waals surface area contributed by atoms with Gasteiger partial charge >= 0.3 is 0 Å². The van der Waals surface area contributed by atoms with Crippen LogP contribution >= 0.6 is 54.5 Å². The second-order valence-electron chi connectivity index (χ2n) is 2.61. The number of carbonyl (C=O) groups excluding carboxylic acids is 1. The molecule has 0 aromatic heterocycles. The Balaban J connectivity index is 3.35. The van der Waals surface area contributed by atoms with E-state index < -0.39 is 4.92 Å². The van der Waals surface area contributed by atoms with Gasteiger partial charge < -0.3 is 0 Å². The second-order valence-corrected chi connectivity index (χ2v) is 5.10. The first kappa shape index (κ1) is 13.0. The third kappa shape index (κ3) is 2.97. The molecule has 0 heterocycles. The molecule has 0 spiro atoms. The largest absolute Gasteiger partial charge is 0.293 e. The van der Waals surface area contributed by atoms with Gasteiger partial charge in [-0.05, 0) is 44.6 Å². The van der Waals surface area contributed by atoms with Crippen LogP contribution in [-0.2, 0) is 0 Å². The summed E-state index contributed by atoms with van der Waals surface area (Å²) in [5.41, 5.74) is 0.264. The number of Topliss-reactive ketones (excluding diaryl/α,β-unsaturated/α-hetero) is 1. The molecule has 4 nitrogen and oxygen atoms in total. The Morgan fingerprint density at radius 2 is 2.13 bits per heavy atom. The van der Waals surface area contributed by atoms with Gasteiger partial charge in [-0.1, -0.05) is 15.9 Å². The van der Waals surface area contributed by atoms with Crippen LogP contribution in [0, 0.1) is 13.7 Å². The number of nitrogens with zero attached hydrogens (tertiary/aromatic N) is 1. The number of benzene rings is 1. The third-order valence-corrected chi connectivity index (χ3v) is 4.66. The number of nitro groups is 1. The van der Waals surface area contributed by atoms with E-state index in [-0.39, 0.29) is 16.8 Å². The minimum atomic E-state index is -0.502. The van der Waals surface area contributed by atoms with E-state index >= 15 is 0 Å². The van der Waals surface area contributed by atoms with Gasteiger partial charge in [0, 0.05) is 16.1 Å². The summed E-state index contributed by atoms with van der Waals surface area (Å²) in [5.74, 6) is -0.185. The molecule has 1 rings (SSSR count). The van der Waals surface area contributed by atoms with Gasteiger partial charge in [0.1, 0.15) is 3.57 Å². The number of ketones is 1. The number of halogens is 3. The fourth-order valence-corrected chi connectivity index (χ4v) is 2.23. The maximum absolute atomic E-state index is 11.4. The van der Waals surface area contributed by atoms with Gasteiger partial charge in [0.25, 0.3) is 5.69 Å². The van der Waals surface area contributed by atoms with E-state index in [0.717, 1.165) is 0 Å². The maximum Gasteiger partial charge on any atom is 0.284 e. The first-order chi connectivity index (χ1) is 6.97. The number of carbonyl (C=O) groups is 1. The highest BCUT2D eigenvalue weighted by molar-refractivity contribution is 14.1. The lowest BCUT2D eigenvalue weighted by atomic mass is 10.1. The van der Waals surface area contributed by atoms with E-state index in [0.29, 0.717) is 13.6 Å². The lowest BCUT2D eigenvalue weighted by Crippen LogP contribution is -2.02. The third-order valence-electron chi connectivity index (χ3n) is 1.65. The Kier molecular flexibility index (Phi) is 4.65. The molecule has 80 valence electrons. The van der Waals surface area contributed by atoms with Crippen molar-refractivity contribution in [1.82, 2.24) is 0 Å². The van der Waals surface area contributed by atoms with Crippen molar-refractivity contribution >= 4 is 65.9 Å². The molecule has 0 N–H and O–H groups in total. The molecule has 0 radical (unpaired) electrons. The predicted molar refractivity (Wildman–Crippen MR) is 71.6 cm³/mol. The van der Waals surface area contributed by atoms with Gasteiger partial charge in [-0.2, -0.15) is 0 Å². The standard InChI is InChI=1S/C8H4Br2INO3/c9-3-7(13)4-1-5(10)8(11)6(2-4)12(14)15/h1-2H,3H2.